The standard InChI is InChI=1S/C23H26N4O2/c1-15-13-16(2)26-23(25-15)24-14-22(28)27-12-6-9-20(27)18-10-11-21(29-3)19-8-5-4-7-17(18)19/h4-5,7-8,10-11,13,20H,6,9,12,14H2,1-3H3,(H,24,25,26)/t20-/m1/s1. The zero-order chi connectivity index (χ0) is 20.4. The fourth-order valence-electron chi connectivity index (χ4n) is 4.21. The van der Waals surface area contributed by atoms with Crippen LogP contribution >= 0.6 is 0 Å². The van der Waals surface area contributed by atoms with Crippen molar-refractivity contribution in [1.82, 2.24) is 14.9 Å². The first kappa shape index (κ1) is 19.2. The predicted octanol–water partition coefficient (Wildman–Crippen LogP) is 4.03. The van der Waals surface area contributed by atoms with Crippen LogP contribution in [0.1, 0.15) is 35.8 Å². The van der Waals surface area contributed by atoms with Crippen molar-refractivity contribution in [3.05, 3.63) is 59.4 Å². The van der Waals surface area contributed by atoms with Crippen molar-refractivity contribution >= 4 is 22.6 Å². The van der Waals surface area contributed by atoms with Gasteiger partial charge in [0.15, 0.2) is 0 Å². The third-order valence-electron chi connectivity index (χ3n) is 5.45. The largest absolute Gasteiger partial charge is 0.496 e. The minimum Gasteiger partial charge on any atom is -0.496 e. The van der Waals surface area contributed by atoms with Crippen molar-refractivity contribution < 1.29 is 9.53 Å². The number of ether oxygens (including phenoxy) is 1. The molecule has 1 amide bonds. The molecule has 1 atom stereocenters. The van der Waals surface area contributed by atoms with Gasteiger partial charge >= 0.3 is 0 Å². The van der Waals surface area contributed by atoms with E-state index in [1.807, 2.05) is 43.0 Å². The van der Waals surface area contributed by atoms with Gasteiger partial charge in [-0.3, -0.25) is 4.79 Å². The Labute approximate surface area is 170 Å². The normalized spacial score (nSPS) is 16.2. The lowest BCUT2D eigenvalue weighted by molar-refractivity contribution is -0.130. The SMILES string of the molecule is COc1ccc([C@H]2CCCN2C(=O)CNc2nc(C)cc(C)n2)c2ccccc12. The van der Waals surface area contributed by atoms with Crippen molar-refractivity contribution in [3.63, 3.8) is 0 Å². The Hall–Kier alpha value is -3.15. The van der Waals surface area contributed by atoms with E-state index in [1.165, 1.54) is 5.56 Å². The summed E-state index contributed by atoms with van der Waals surface area (Å²) in [5.74, 6) is 1.42. The summed E-state index contributed by atoms with van der Waals surface area (Å²) in [6, 6.07) is 14.3. The molecule has 3 aromatic rings. The number of amides is 1. The van der Waals surface area contributed by atoms with Gasteiger partial charge in [0, 0.05) is 23.3 Å². The van der Waals surface area contributed by atoms with Gasteiger partial charge in [0.1, 0.15) is 5.75 Å². The lowest BCUT2D eigenvalue weighted by atomic mass is 9.96. The van der Waals surface area contributed by atoms with Crippen LogP contribution in [0, 0.1) is 13.8 Å². The molecule has 1 aliphatic heterocycles. The first-order valence-electron chi connectivity index (χ1n) is 9.98. The second-order valence-corrected chi connectivity index (χ2v) is 7.48. The minimum atomic E-state index is 0.0650. The molecule has 1 fully saturated rings. The summed E-state index contributed by atoms with van der Waals surface area (Å²) < 4.78 is 5.52. The number of benzene rings is 2. The first-order chi connectivity index (χ1) is 14.1. The maximum Gasteiger partial charge on any atom is 0.242 e. The van der Waals surface area contributed by atoms with Gasteiger partial charge in [0.05, 0.1) is 19.7 Å². The van der Waals surface area contributed by atoms with E-state index in [0.29, 0.717) is 5.95 Å². The van der Waals surface area contributed by atoms with E-state index in [0.717, 1.165) is 47.3 Å². The van der Waals surface area contributed by atoms with Crippen LogP contribution in [0.5, 0.6) is 5.75 Å². The smallest absolute Gasteiger partial charge is 0.242 e. The molecule has 0 radical (unpaired) electrons. The van der Waals surface area contributed by atoms with E-state index in [-0.39, 0.29) is 18.5 Å². The summed E-state index contributed by atoms with van der Waals surface area (Å²) in [7, 11) is 1.69. The molecule has 1 N–H and O–H groups in total. The Kier molecular flexibility index (Phi) is 5.34. The molecular weight excluding hydrogens is 364 g/mol. The number of rotatable bonds is 5. The van der Waals surface area contributed by atoms with E-state index in [9.17, 15) is 4.79 Å². The topological polar surface area (TPSA) is 67.3 Å². The van der Waals surface area contributed by atoms with Crippen molar-refractivity contribution in [2.45, 2.75) is 32.7 Å². The number of anilines is 1. The third kappa shape index (κ3) is 3.88. The van der Waals surface area contributed by atoms with Crippen molar-refractivity contribution in [2.24, 2.45) is 0 Å². The van der Waals surface area contributed by atoms with Crippen LogP contribution in [0.15, 0.2) is 42.5 Å². The molecule has 6 nitrogen and oxygen atoms in total. The van der Waals surface area contributed by atoms with Crippen molar-refractivity contribution in [2.75, 3.05) is 25.5 Å². The van der Waals surface area contributed by atoms with Gasteiger partial charge in [-0.2, -0.15) is 0 Å². The fourth-order valence-corrected chi connectivity index (χ4v) is 4.21. The van der Waals surface area contributed by atoms with Gasteiger partial charge in [0.25, 0.3) is 0 Å². The first-order valence-corrected chi connectivity index (χ1v) is 9.98. The maximum atomic E-state index is 13.0. The monoisotopic (exact) mass is 390 g/mol. The number of carbonyl (C=O) groups excluding carboxylic acids is 1. The van der Waals surface area contributed by atoms with Crippen LogP contribution in [-0.2, 0) is 4.79 Å². The van der Waals surface area contributed by atoms with Crippen molar-refractivity contribution in [1.29, 1.82) is 0 Å². The maximum absolute atomic E-state index is 13.0. The summed E-state index contributed by atoms with van der Waals surface area (Å²) >= 11 is 0. The van der Waals surface area contributed by atoms with Crippen LogP contribution in [0.3, 0.4) is 0 Å². The summed E-state index contributed by atoms with van der Waals surface area (Å²) in [6.07, 6.45) is 1.96. The van der Waals surface area contributed by atoms with E-state index < -0.39 is 0 Å². The van der Waals surface area contributed by atoms with Crippen LogP contribution < -0.4 is 10.1 Å². The zero-order valence-electron chi connectivity index (χ0n) is 17.1. The number of likely N-dealkylation sites (tertiary alicyclic amines) is 1. The van der Waals surface area contributed by atoms with Gasteiger partial charge < -0.3 is 15.0 Å². The van der Waals surface area contributed by atoms with Gasteiger partial charge in [-0.1, -0.05) is 30.3 Å². The van der Waals surface area contributed by atoms with Gasteiger partial charge in [0.2, 0.25) is 11.9 Å². The second-order valence-electron chi connectivity index (χ2n) is 7.48. The molecule has 6 heteroatoms. The number of fused-ring (bicyclic) bond motifs is 1. The number of aromatic nitrogens is 2. The number of hydrogen-bond donors (Lipinski definition) is 1. The number of hydrogen-bond acceptors (Lipinski definition) is 5. The molecule has 4 rings (SSSR count). The average Bonchev–Trinajstić information content (AvgIpc) is 3.20. The van der Waals surface area contributed by atoms with Crippen LogP contribution in [0.4, 0.5) is 5.95 Å². The second kappa shape index (κ2) is 8.07. The Morgan fingerprint density at radius 3 is 2.59 bits per heavy atom. The Morgan fingerprint density at radius 2 is 1.86 bits per heavy atom. The molecule has 0 spiro atoms. The van der Waals surface area contributed by atoms with Crippen LogP contribution in [0.25, 0.3) is 10.8 Å². The average molecular weight is 390 g/mol. The highest BCUT2D eigenvalue weighted by Crippen LogP contribution is 2.38. The third-order valence-corrected chi connectivity index (χ3v) is 5.45. The Bertz CT molecular complexity index is 1030. The highest BCUT2D eigenvalue weighted by Gasteiger charge is 2.31. The zero-order valence-corrected chi connectivity index (χ0v) is 17.1. The van der Waals surface area contributed by atoms with E-state index >= 15 is 0 Å². The highest BCUT2D eigenvalue weighted by atomic mass is 16.5. The van der Waals surface area contributed by atoms with E-state index in [1.54, 1.807) is 7.11 Å². The van der Waals surface area contributed by atoms with E-state index in [4.69, 9.17) is 4.74 Å². The van der Waals surface area contributed by atoms with Gasteiger partial charge in [-0.25, -0.2) is 9.97 Å². The van der Waals surface area contributed by atoms with Crippen LogP contribution in [-0.4, -0.2) is 41.0 Å². The Morgan fingerprint density at radius 1 is 1.14 bits per heavy atom. The number of aryl methyl sites for hydroxylation is 2. The number of methoxy groups -OCH3 is 1. The number of carbonyl (C=O) groups is 1. The molecule has 1 aliphatic rings. The quantitative estimate of drug-likeness (QED) is 0.712. The summed E-state index contributed by atoms with van der Waals surface area (Å²) in [5.41, 5.74) is 2.95. The molecule has 1 saturated heterocycles. The van der Waals surface area contributed by atoms with E-state index in [2.05, 4.69) is 33.5 Å². The summed E-state index contributed by atoms with van der Waals surface area (Å²) in [6.45, 7) is 4.80. The van der Waals surface area contributed by atoms with Crippen molar-refractivity contribution in [3.8, 4) is 5.75 Å². The summed E-state index contributed by atoms with van der Waals surface area (Å²) in [5, 5.41) is 5.32. The molecule has 29 heavy (non-hydrogen) atoms. The van der Waals surface area contributed by atoms with Gasteiger partial charge in [-0.05, 0) is 49.8 Å². The lowest BCUT2D eigenvalue weighted by Gasteiger charge is -2.26. The minimum absolute atomic E-state index is 0.0650. The molecule has 1 aromatic heterocycles. The fraction of sp³-hybridized carbons (Fsp3) is 0.348. The molecule has 0 aliphatic carbocycles. The molecule has 0 bridgehead atoms. The number of nitrogens with zero attached hydrogens (tertiary/aromatic N) is 3. The number of nitrogens with one attached hydrogen (secondary N) is 1. The predicted molar refractivity (Wildman–Crippen MR) is 114 cm³/mol. The van der Waals surface area contributed by atoms with Crippen LogP contribution in [0.2, 0.25) is 0 Å². The Balaban J connectivity index is 1.56. The molecule has 2 heterocycles. The molecule has 0 saturated carbocycles. The molecule has 0 unspecified atom stereocenters. The summed E-state index contributed by atoms with van der Waals surface area (Å²) in [4.78, 5) is 23.7. The molecule has 2 aromatic carbocycles. The molecule has 150 valence electrons. The highest BCUT2D eigenvalue weighted by molar-refractivity contribution is 5.92. The lowest BCUT2D eigenvalue weighted by Crippen LogP contribution is -2.35. The van der Waals surface area contributed by atoms with Gasteiger partial charge in [-0.15, -0.1) is 0 Å². The molecular formula is C23H26N4O2.